The average Bonchev–Trinajstić information content (AvgIpc) is 2.94. The van der Waals surface area contributed by atoms with Crippen molar-refractivity contribution in [3.8, 4) is 0 Å². The predicted molar refractivity (Wildman–Crippen MR) is 51.0 cm³/mol. The first-order chi connectivity index (χ1) is 6.93. The Morgan fingerprint density at radius 1 is 1.29 bits per heavy atom. The molecule has 0 saturated heterocycles. The first kappa shape index (κ1) is 8.41. The van der Waals surface area contributed by atoms with Gasteiger partial charge in [0.1, 0.15) is 11.6 Å². The zero-order valence-electron chi connectivity index (χ0n) is 8.28. The Hall–Kier alpha value is -0.900. The molecular formula is C10H15N3O. The molecule has 1 aromatic heterocycles. The van der Waals surface area contributed by atoms with E-state index in [-0.39, 0.29) is 0 Å². The van der Waals surface area contributed by atoms with Gasteiger partial charge >= 0.3 is 0 Å². The summed E-state index contributed by atoms with van der Waals surface area (Å²) >= 11 is 0. The molecule has 0 amide bonds. The van der Waals surface area contributed by atoms with E-state index in [1.165, 1.54) is 18.7 Å². The van der Waals surface area contributed by atoms with E-state index in [0.29, 0.717) is 0 Å². The van der Waals surface area contributed by atoms with Crippen molar-refractivity contribution < 1.29 is 4.74 Å². The molecule has 3 rings (SSSR count). The van der Waals surface area contributed by atoms with Crippen LogP contribution in [0.4, 0.5) is 0 Å². The fourth-order valence-corrected chi connectivity index (χ4v) is 1.97. The molecule has 1 aliphatic heterocycles. The second kappa shape index (κ2) is 3.35. The molecule has 0 atom stereocenters. The van der Waals surface area contributed by atoms with Gasteiger partial charge in [-0.25, -0.2) is 0 Å². The van der Waals surface area contributed by atoms with Gasteiger partial charge in [-0.15, -0.1) is 10.2 Å². The third-order valence-electron chi connectivity index (χ3n) is 3.00. The summed E-state index contributed by atoms with van der Waals surface area (Å²) in [7, 11) is 0. The molecule has 1 fully saturated rings. The number of fused-ring (bicyclic) bond motifs is 1. The summed E-state index contributed by atoms with van der Waals surface area (Å²) in [6.45, 7) is 2.54. The molecule has 1 saturated carbocycles. The normalized spacial score (nSPS) is 21.7. The summed E-state index contributed by atoms with van der Waals surface area (Å²) in [6.07, 6.45) is 4.78. The lowest BCUT2D eigenvalue weighted by molar-refractivity contribution is 0.139. The molecule has 4 heteroatoms. The third-order valence-corrected chi connectivity index (χ3v) is 3.00. The van der Waals surface area contributed by atoms with E-state index in [2.05, 4.69) is 14.8 Å². The van der Waals surface area contributed by atoms with Crippen LogP contribution in [0.15, 0.2) is 0 Å². The molecule has 2 heterocycles. The quantitative estimate of drug-likeness (QED) is 0.697. The number of aromatic nitrogens is 3. The van der Waals surface area contributed by atoms with Crippen molar-refractivity contribution in [1.29, 1.82) is 0 Å². The summed E-state index contributed by atoms with van der Waals surface area (Å²) in [6, 6.07) is 0. The third kappa shape index (κ3) is 1.54. The van der Waals surface area contributed by atoms with E-state index in [1.54, 1.807) is 0 Å². The predicted octanol–water partition coefficient (Wildman–Crippen LogP) is 0.803. The molecule has 4 nitrogen and oxygen atoms in total. The van der Waals surface area contributed by atoms with Crippen molar-refractivity contribution >= 4 is 0 Å². The zero-order valence-corrected chi connectivity index (χ0v) is 8.28. The molecule has 0 spiro atoms. The molecule has 0 radical (unpaired) electrons. The topological polar surface area (TPSA) is 39.9 Å². The Morgan fingerprint density at radius 3 is 3.07 bits per heavy atom. The second-order valence-corrected chi connectivity index (χ2v) is 4.19. The van der Waals surface area contributed by atoms with E-state index < -0.39 is 0 Å². The van der Waals surface area contributed by atoms with Crippen LogP contribution in [0.5, 0.6) is 0 Å². The fraction of sp³-hybridized carbons (Fsp3) is 0.800. The number of hydrogen-bond donors (Lipinski definition) is 0. The van der Waals surface area contributed by atoms with Crippen LogP contribution < -0.4 is 0 Å². The standard InChI is InChI=1S/C10H15N3O/c1-2-8(1)7-10-12-11-9-3-5-14-6-4-13(9)10/h8H,1-7H2. The van der Waals surface area contributed by atoms with Crippen molar-refractivity contribution in [2.45, 2.75) is 32.2 Å². The Morgan fingerprint density at radius 2 is 2.21 bits per heavy atom. The van der Waals surface area contributed by atoms with Gasteiger partial charge in [-0.05, 0) is 18.8 Å². The van der Waals surface area contributed by atoms with Gasteiger partial charge in [-0.2, -0.15) is 0 Å². The summed E-state index contributed by atoms with van der Waals surface area (Å²) in [5, 5.41) is 8.51. The minimum Gasteiger partial charge on any atom is -0.379 e. The van der Waals surface area contributed by atoms with E-state index in [1.807, 2.05) is 0 Å². The minimum absolute atomic E-state index is 0.793. The van der Waals surface area contributed by atoms with Gasteiger partial charge in [0, 0.05) is 19.4 Å². The SMILES string of the molecule is C1Cc2nnc(CC3CC3)n2CCO1. The highest BCUT2D eigenvalue weighted by Gasteiger charge is 2.25. The Labute approximate surface area is 83.3 Å². The highest BCUT2D eigenvalue weighted by Crippen LogP contribution is 2.32. The van der Waals surface area contributed by atoms with Gasteiger partial charge in [-0.3, -0.25) is 0 Å². The Kier molecular flexibility index (Phi) is 2.01. The number of nitrogens with zero attached hydrogens (tertiary/aromatic N) is 3. The maximum atomic E-state index is 5.42. The van der Waals surface area contributed by atoms with Gasteiger partial charge in [0.05, 0.1) is 13.2 Å². The van der Waals surface area contributed by atoms with E-state index >= 15 is 0 Å². The molecule has 1 aromatic rings. The van der Waals surface area contributed by atoms with Gasteiger partial charge < -0.3 is 9.30 Å². The van der Waals surface area contributed by atoms with Crippen LogP contribution in [-0.2, 0) is 24.1 Å². The van der Waals surface area contributed by atoms with Crippen molar-refractivity contribution in [1.82, 2.24) is 14.8 Å². The molecule has 2 aliphatic rings. The summed E-state index contributed by atoms with van der Waals surface area (Å²) < 4.78 is 7.68. The van der Waals surface area contributed by atoms with Crippen molar-refractivity contribution in [3.05, 3.63) is 11.6 Å². The van der Waals surface area contributed by atoms with Crippen molar-refractivity contribution in [3.63, 3.8) is 0 Å². The molecule has 0 unspecified atom stereocenters. The maximum absolute atomic E-state index is 5.42. The Balaban J connectivity index is 1.84. The van der Waals surface area contributed by atoms with E-state index in [4.69, 9.17) is 4.74 Å². The van der Waals surface area contributed by atoms with Crippen molar-refractivity contribution in [2.75, 3.05) is 13.2 Å². The number of ether oxygens (including phenoxy) is 1. The fourth-order valence-electron chi connectivity index (χ4n) is 1.97. The molecular weight excluding hydrogens is 178 g/mol. The summed E-state index contributed by atoms with van der Waals surface area (Å²) in [5.74, 6) is 3.17. The lowest BCUT2D eigenvalue weighted by atomic mass is 10.3. The van der Waals surface area contributed by atoms with Crippen LogP contribution in [-0.4, -0.2) is 28.0 Å². The lowest BCUT2D eigenvalue weighted by Crippen LogP contribution is -2.09. The van der Waals surface area contributed by atoms with Gasteiger partial charge in [0.2, 0.25) is 0 Å². The van der Waals surface area contributed by atoms with Crippen molar-refractivity contribution in [2.24, 2.45) is 5.92 Å². The van der Waals surface area contributed by atoms with Crippen LogP contribution in [0, 0.1) is 5.92 Å². The number of hydrogen-bond acceptors (Lipinski definition) is 3. The molecule has 0 aromatic carbocycles. The van der Waals surface area contributed by atoms with Crippen LogP contribution in [0.25, 0.3) is 0 Å². The maximum Gasteiger partial charge on any atom is 0.135 e. The molecule has 0 bridgehead atoms. The zero-order chi connectivity index (χ0) is 9.38. The Bertz CT molecular complexity index is 330. The highest BCUT2D eigenvalue weighted by molar-refractivity contribution is 5.00. The minimum atomic E-state index is 0.793. The first-order valence-corrected chi connectivity index (χ1v) is 5.42. The van der Waals surface area contributed by atoms with Crippen LogP contribution >= 0.6 is 0 Å². The molecule has 76 valence electrons. The largest absolute Gasteiger partial charge is 0.379 e. The molecule has 14 heavy (non-hydrogen) atoms. The lowest BCUT2D eigenvalue weighted by Gasteiger charge is -2.04. The first-order valence-electron chi connectivity index (χ1n) is 5.42. The molecule has 1 aliphatic carbocycles. The van der Waals surface area contributed by atoms with Gasteiger partial charge in [0.15, 0.2) is 0 Å². The molecule has 0 N–H and O–H groups in total. The van der Waals surface area contributed by atoms with Crippen LogP contribution in [0.2, 0.25) is 0 Å². The highest BCUT2D eigenvalue weighted by atomic mass is 16.5. The van der Waals surface area contributed by atoms with E-state index in [0.717, 1.165) is 44.3 Å². The monoisotopic (exact) mass is 193 g/mol. The second-order valence-electron chi connectivity index (χ2n) is 4.19. The van der Waals surface area contributed by atoms with Crippen LogP contribution in [0.3, 0.4) is 0 Å². The average molecular weight is 193 g/mol. The summed E-state index contributed by atoms with van der Waals surface area (Å²) in [4.78, 5) is 0. The van der Waals surface area contributed by atoms with E-state index in [9.17, 15) is 0 Å². The van der Waals surface area contributed by atoms with Crippen LogP contribution in [0.1, 0.15) is 24.5 Å². The van der Waals surface area contributed by atoms with Gasteiger partial charge in [0.25, 0.3) is 0 Å². The summed E-state index contributed by atoms with van der Waals surface area (Å²) in [5.41, 5.74) is 0. The number of rotatable bonds is 2. The smallest absolute Gasteiger partial charge is 0.135 e. The van der Waals surface area contributed by atoms with Gasteiger partial charge in [-0.1, -0.05) is 0 Å².